The number of nitrogens with one attached hydrogen (secondary N) is 1. The Morgan fingerprint density at radius 3 is 2.39 bits per heavy atom. The highest BCUT2D eigenvalue weighted by atomic mass is 35.5. The van der Waals surface area contributed by atoms with Gasteiger partial charge in [0.05, 0.1) is 16.8 Å². The molecule has 7 heteroatoms. The van der Waals surface area contributed by atoms with Crippen LogP contribution in [0.5, 0.6) is 0 Å². The average molecular weight is 462 g/mol. The molecule has 164 valence electrons. The minimum Gasteiger partial charge on any atom is -0.339 e. The first-order chi connectivity index (χ1) is 14.1. The summed E-state index contributed by atoms with van der Waals surface area (Å²) in [5, 5.41) is 4.32. The number of amides is 1. The van der Waals surface area contributed by atoms with Gasteiger partial charge in [-0.1, -0.05) is 30.3 Å². The quantitative estimate of drug-likeness (QED) is 0.579. The van der Waals surface area contributed by atoms with Gasteiger partial charge in [0.15, 0.2) is 0 Å². The first kappa shape index (κ1) is 23.5. The summed E-state index contributed by atoms with van der Waals surface area (Å²) in [4.78, 5) is 20.1. The van der Waals surface area contributed by atoms with E-state index in [9.17, 15) is 9.18 Å². The van der Waals surface area contributed by atoms with Crippen LogP contribution in [0.3, 0.4) is 0 Å². The van der Waals surface area contributed by atoms with Crippen molar-refractivity contribution in [1.29, 1.82) is 0 Å². The predicted molar refractivity (Wildman–Crippen MR) is 127 cm³/mol. The molecule has 0 aliphatic carbocycles. The Balaban J connectivity index is 0.00000136. The maximum atomic E-state index is 13.9. The molecule has 5 rings (SSSR count). The number of piperidine rings is 1. The standard InChI is InChI=1S/C24H24FN3O.2ClH/c1-28(19-12-17-8-9-18(13-19)26-17)24(29)21-14-22(15-5-3-2-4-6-15)27-23-11-16(25)7-10-20(21)23;;/h2-7,10-11,14,17-19,26H,8-9,12-13H2,1H3;2*1H. The number of nitrogens with zero attached hydrogens (tertiary/aromatic N) is 2. The first-order valence-electron chi connectivity index (χ1n) is 10.3. The van der Waals surface area contributed by atoms with E-state index >= 15 is 0 Å². The van der Waals surface area contributed by atoms with E-state index in [-0.39, 0.29) is 42.6 Å². The van der Waals surface area contributed by atoms with E-state index in [0.29, 0.717) is 34.2 Å². The number of carbonyl (C=O) groups is 1. The van der Waals surface area contributed by atoms with Gasteiger partial charge in [-0.05, 0) is 43.9 Å². The summed E-state index contributed by atoms with van der Waals surface area (Å²) in [5.74, 6) is -0.371. The molecule has 3 aromatic rings. The Hall–Kier alpha value is -2.21. The van der Waals surface area contributed by atoms with E-state index in [1.165, 1.54) is 25.0 Å². The van der Waals surface area contributed by atoms with Crippen LogP contribution in [0, 0.1) is 5.82 Å². The number of pyridine rings is 1. The molecule has 4 nitrogen and oxygen atoms in total. The first-order valence-corrected chi connectivity index (χ1v) is 10.3. The van der Waals surface area contributed by atoms with Crippen molar-refractivity contribution in [2.24, 2.45) is 0 Å². The zero-order chi connectivity index (χ0) is 20.0. The van der Waals surface area contributed by atoms with E-state index in [1.807, 2.05) is 48.3 Å². The smallest absolute Gasteiger partial charge is 0.254 e. The molecule has 2 aliphatic rings. The molecule has 1 amide bonds. The lowest BCUT2D eigenvalue weighted by atomic mass is 9.97. The lowest BCUT2D eigenvalue weighted by Crippen LogP contribution is -2.48. The highest BCUT2D eigenvalue weighted by Gasteiger charge is 2.36. The minimum atomic E-state index is -0.350. The topological polar surface area (TPSA) is 45.2 Å². The minimum absolute atomic E-state index is 0. The van der Waals surface area contributed by atoms with Crippen molar-refractivity contribution in [3.8, 4) is 11.3 Å². The Morgan fingerprint density at radius 2 is 1.71 bits per heavy atom. The number of aromatic nitrogens is 1. The molecule has 1 N–H and O–H groups in total. The zero-order valence-corrected chi connectivity index (χ0v) is 18.9. The lowest BCUT2D eigenvalue weighted by Gasteiger charge is -2.35. The third-order valence-electron chi connectivity index (χ3n) is 6.39. The Morgan fingerprint density at radius 1 is 1.03 bits per heavy atom. The van der Waals surface area contributed by atoms with Gasteiger partial charge in [0.2, 0.25) is 0 Å². The average Bonchev–Trinajstić information content (AvgIpc) is 3.09. The number of rotatable bonds is 3. The van der Waals surface area contributed by atoms with Crippen LogP contribution in [0.2, 0.25) is 0 Å². The molecule has 0 spiro atoms. The molecule has 2 saturated heterocycles. The predicted octanol–water partition coefficient (Wildman–Crippen LogP) is 5.24. The van der Waals surface area contributed by atoms with Crippen molar-refractivity contribution in [2.45, 2.75) is 43.8 Å². The second-order valence-corrected chi connectivity index (χ2v) is 8.26. The third kappa shape index (κ3) is 4.54. The summed E-state index contributed by atoms with van der Waals surface area (Å²) < 4.78 is 13.9. The number of carbonyl (C=O) groups excluding carboxylic acids is 1. The number of fused-ring (bicyclic) bond motifs is 3. The van der Waals surface area contributed by atoms with Crippen molar-refractivity contribution in [2.75, 3.05) is 7.05 Å². The molecule has 2 aromatic carbocycles. The molecular formula is C24H26Cl2FN3O. The fourth-order valence-electron chi connectivity index (χ4n) is 4.83. The van der Waals surface area contributed by atoms with Gasteiger partial charge < -0.3 is 10.2 Å². The van der Waals surface area contributed by atoms with Crippen molar-refractivity contribution < 1.29 is 9.18 Å². The number of hydrogen-bond acceptors (Lipinski definition) is 3. The monoisotopic (exact) mass is 461 g/mol. The molecular weight excluding hydrogens is 436 g/mol. The van der Waals surface area contributed by atoms with Crippen molar-refractivity contribution in [3.05, 3.63) is 66.0 Å². The third-order valence-corrected chi connectivity index (χ3v) is 6.39. The van der Waals surface area contributed by atoms with Gasteiger partial charge in [0, 0.05) is 42.2 Å². The SMILES string of the molecule is CN(C(=O)c1cc(-c2ccccc2)nc2cc(F)ccc12)C1CC2CCC(C1)N2.Cl.Cl. The Labute approximate surface area is 194 Å². The number of benzene rings is 2. The number of hydrogen-bond donors (Lipinski definition) is 1. The van der Waals surface area contributed by atoms with Gasteiger partial charge in [0.1, 0.15) is 5.82 Å². The maximum absolute atomic E-state index is 13.9. The van der Waals surface area contributed by atoms with Crippen LogP contribution in [0.4, 0.5) is 4.39 Å². The molecule has 1 aromatic heterocycles. The van der Waals surface area contributed by atoms with Gasteiger partial charge in [0.25, 0.3) is 5.91 Å². The summed E-state index contributed by atoms with van der Waals surface area (Å²) in [5.41, 5.74) is 2.69. The van der Waals surface area contributed by atoms with E-state index in [1.54, 1.807) is 6.07 Å². The lowest BCUT2D eigenvalue weighted by molar-refractivity contribution is 0.0683. The van der Waals surface area contributed by atoms with Gasteiger partial charge in [-0.15, -0.1) is 24.8 Å². The number of halogens is 3. The molecule has 2 aliphatic heterocycles. The van der Waals surface area contributed by atoms with Crippen LogP contribution in [-0.2, 0) is 0 Å². The van der Waals surface area contributed by atoms with Crippen LogP contribution >= 0.6 is 24.8 Å². The summed E-state index contributed by atoms with van der Waals surface area (Å²) in [6.45, 7) is 0. The Bertz CT molecular complexity index is 1070. The zero-order valence-electron chi connectivity index (χ0n) is 17.3. The summed E-state index contributed by atoms with van der Waals surface area (Å²) in [6.07, 6.45) is 4.36. The molecule has 3 heterocycles. The maximum Gasteiger partial charge on any atom is 0.254 e. The fraction of sp³-hybridized carbons (Fsp3) is 0.333. The molecule has 31 heavy (non-hydrogen) atoms. The van der Waals surface area contributed by atoms with Crippen LogP contribution in [0.15, 0.2) is 54.6 Å². The van der Waals surface area contributed by atoms with Gasteiger partial charge >= 0.3 is 0 Å². The highest BCUT2D eigenvalue weighted by Crippen LogP contribution is 2.31. The van der Waals surface area contributed by atoms with E-state index in [2.05, 4.69) is 10.3 Å². The summed E-state index contributed by atoms with van der Waals surface area (Å²) in [6, 6.07) is 17.3. The molecule has 2 unspecified atom stereocenters. The van der Waals surface area contributed by atoms with Crippen molar-refractivity contribution >= 4 is 41.6 Å². The molecule has 2 fully saturated rings. The van der Waals surface area contributed by atoms with E-state index < -0.39 is 0 Å². The summed E-state index contributed by atoms with van der Waals surface area (Å²) in [7, 11) is 1.90. The second-order valence-electron chi connectivity index (χ2n) is 8.26. The van der Waals surface area contributed by atoms with Crippen LogP contribution in [0.25, 0.3) is 22.2 Å². The second kappa shape index (κ2) is 9.51. The summed E-state index contributed by atoms with van der Waals surface area (Å²) >= 11 is 0. The van der Waals surface area contributed by atoms with E-state index in [4.69, 9.17) is 0 Å². The van der Waals surface area contributed by atoms with Gasteiger partial charge in [-0.2, -0.15) is 0 Å². The normalized spacial score (nSPS) is 21.8. The van der Waals surface area contributed by atoms with Crippen LogP contribution < -0.4 is 5.32 Å². The van der Waals surface area contributed by atoms with Crippen molar-refractivity contribution in [3.63, 3.8) is 0 Å². The van der Waals surface area contributed by atoms with Crippen LogP contribution in [-0.4, -0.2) is 41.0 Å². The van der Waals surface area contributed by atoms with Gasteiger partial charge in [-0.25, -0.2) is 9.37 Å². The van der Waals surface area contributed by atoms with Crippen molar-refractivity contribution in [1.82, 2.24) is 15.2 Å². The molecule has 0 saturated carbocycles. The van der Waals surface area contributed by atoms with Gasteiger partial charge in [-0.3, -0.25) is 4.79 Å². The highest BCUT2D eigenvalue weighted by molar-refractivity contribution is 6.07. The molecule has 0 radical (unpaired) electrons. The van der Waals surface area contributed by atoms with Crippen LogP contribution in [0.1, 0.15) is 36.0 Å². The molecule has 2 bridgehead atoms. The molecule has 2 atom stereocenters. The van der Waals surface area contributed by atoms with E-state index in [0.717, 1.165) is 18.4 Å². The fourth-order valence-corrected chi connectivity index (χ4v) is 4.83. The largest absolute Gasteiger partial charge is 0.339 e. The Kier molecular flexibility index (Phi) is 7.20.